The summed E-state index contributed by atoms with van der Waals surface area (Å²) in [7, 11) is 0. The third-order valence-corrected chi connectivity index (χ3v) is 4.86. The molecule has 0 aromatic carbocycles. The summed E-state index contributed by atoms with van der Waals surface area (Å²) in [6.07, 6.45) is 11.2. The van der Waals surface area contributed by atoms with Gasteiger partial charge < -0.3 is 10.5 Å². The highest BCUT2D eigenvalue weighted by Gasteiger charge is 2.54. The van der Waals surface area contributed by atoms with E-state index in [-0.39, 0.29) is 0 Å². The molecule has 0 heterocycles. The van der Waals surface area contributed by atoms with Gasteiger partial charge in [-0.1, -0.05) is 19.3 Å². The first kappa shape index (κ1) is 10.1. The van der Waals surface area contributed by atoms with Gasteiger partial charge in [0.2, 0.25) is 0 Å². The zero-order chi connectivity index (χ0) is 10.3. The minimum absolute atomic E-state index is 0.396. The van der Waals surface area contributed by atoms with Crippen LogP contribution in [0.1, 0.15) is 51.4 Å². The van der Waals surface area contributed by atoms with E-state index in [0.717, 1.165) is 18.9 Å². The zero-order valence-corrected chi connectivity index (χ0v) is 9.58. The van der Waals surface area contributed by atoms with Crippen molar-refractivity contribution in [2.75, 3.05) is 6.61 Å². The molecule has 0 aromatic rings. The minimum Gasteiger partial charge on any atom is -0.377 e. The summed E-state index contributed by atoms with van der Waals surface area (Å²) in [5.74, 6) is 0.891. The SMILES string of the molecule is NC1CC(OCC2CC2)C12CCCCC2. The summed E-state index contributed by atoms with van der Waals surface area (Å²) < 4.78 is 6.09. The lowest BCUT2D eigenvalue weighted by Gasteiger charge is -2.56. The van der Waals surface area contributed by atoms with Crippen LogP contribution in [0.15, 0.2) is 0 Å². The van der Waals surface area contributed by atoms with E-state index < -0.39 is 0 Å². The fourth-order valence-electron chi connectivity index (χ4n) is 3.45. The van der Waals surface area contributed by atoms with E-state index in [2.05, 4.69) is 0 Å². The van der Waals surface area contributed by atoms with Crippen LogP contribution in [0.25, 0.3) is 0 Å². The Morgan fingerprint density at radius 1 is 1.13 bits per heavy atom. The van der Waals surface area contributed by atoms with Crippen LogP contribution in [0.3, 0.4) is 0 Å². The quantitative estimate of drug-likeness (QED) is 0.775. The van der Waals surface area contributed by atoms with Crippen molar-refractivity contribution in [1.82, 2.24) is 0 Å². The molecule has 2 N–H and O–H groups in total. The van der Waals surface area contributed by atoms with Gasteiger partial charge in [-0.05, 0) is 38.0 Å². The maximum absolute atomic E-state index is 6.22. The molecule has 3 saturated carbocycles. The first-order valence-electron chi connectivity index (χ1n) is 6.68. The fraction of sp³-hybridized carbons (Fsp3) is 1.00. The zero-order valence-electron chi connectivity index (χ0n) is 9.58. The van der Waals surface area contributed by atoms with Crippen LogP contribution in [-0.4, -0.2) is 18.8 Å². The van der Waals surface area contributed by atoms with E-state index in [9.17, 15) is 0 Å². The molecule has 0 amide bonds. The lowest BCUT2D eigenvalue weighted by molar-refractivity contribution is -0.145. The summed E-state index contributed by atoms with van der Waals surface area (Å²) >= 11 is 0. The van der Waals surface area contributed by atoms with Gasteiger partial charge in [0.1, 0.15) is 0 Å². The molecular weight excluding hydrogens is 186 g/mol. The van der Waals surface area contributed by atoms with E-state index in [4.69, 9.17) is 10.5 Å². The molecule has 0 aromatic heterocycles. The Hall–Kier alpha value is -0.0800. The van der Waals surface area contributed by atoms with Crippen LogP contribution >= 0.6 is 0 Å². The monoisotopic (exact) mass is 209 g/mol. The molecule has 2 atom stereocenters. The molecule has 3 aliphatic carbocycles. The van der Waals surface area contributed by atoms with E-state index in [1.807, 2.05) is 0 Å². The molecular formula is C13H23NO. The Balaban J connectivity index is 1.57. The highest BCUT2D eigenvalue weighted by atomic mass is 16.5. The molecule has 3 fully saturated rings. The molecule has 2 unspecified atom stereocenters. The van der Waals surface area contributed by atoms with Crippen molar-refractivity contribution in [2.24, 2.45) is 17.1 Å². The summed E-state index contributed by atoms with van der Waals surface area (Å²) in [4.78, 5) is 0. The van der Waals surface area contributed by atoms with Gasteiger partial charge in [0.15, 0.2) is 0 Å². The standard InChI is InChI=1S/C13H23NO/c14-11-8-12(15-9-10-4-5-10)13(11)6-2-1-3-7-13/h10-12H,1-9,14H2. The Morgan fingerprint density at radius 2 is 1.87 bits per heavy atom. The van der Waals surface area contributed by atoms with Gasteiger partial charge in [0.05, 0.1) is 6.10 Å². The summed E-state index contributed by atoms with van der Waals surface area (Å²) in [6, 6.07) is 0.432. The largest absolute Gasteiger partial charge is 0.377 e. The Bertz CT molecular complexity index is 231. The van der Waals surface area contributed by atoms with E-state index >= 15 is 0 Å². The molecule has 2 heteroatoms. The first-order valence-corrected chi connectivity index (χ1v) is 6.68. The highest BCUT2D eigenvalue weighted by molar-refractivity contribution is 5.07. The maximum atomic E-state index is 6.22. The van der Waals surface area contributed by atoms with Crippen molar-refractivity contribution < 1.29 is 4.74 Å². The van der Waals surface area contributed by atoms with Crippen molar-refractivity contribution in [3.05, 3.63) is 0 Å². The van der Waals surface area contributed by atoms with Gasteiger partial charge in [-0.2, -0.15) is 0 Å². The van der Waals surface area contributed by atoms with E-state index in [1.165, 1.54) is 44.9 Å². The second-order valence-corrected chi connectivity index (χ2v) is 5.90. The number of ether oxygens (including phenoxy) is 1. The number of hydrogen-bond donors (Lipinski definition) is 1. The van der Waals surface area contributed by atoms with Gasteiger partial charge in [0.25, 0.3) is 0 Å². The number of nitrogens with two attached hydrogens (primary N) is 1. The van der Waals surface area contributed by atoms with Crippen molar-refractivity contribution >= 4 is 0 Å². The van der Waals surface area contributed by atoms with Crippen molar-refractivity contribution in [3.8, 4) is 0 Å². The molecule has 0 bridgehead atoms. The summed E-state index contributed by atoms with van der Waals surface area (Å²) in [5, 5.41) is 0. The maximum Gasteiger partial charge on any atom is 0.0661 e. The van der Waals surface area contributed by atoms with Crippen molar-refractivity contribution in [3.63, 3.8) is 0 Å². The summed E-state index contributed by atoms with van der Waals surface area (Å²) in [6.45, 7) is 1.01. The molecule has 3 rings (SSSR count). The Kier molecular flexibility index (Phi) is 2.52. The van der Waals surface area contributed by atoms with Crippen molar-refractivity contribution in [2.45, 2.75) is 63.5 Å². The molecule has 15 heavy (non-hydrogen) atoms. The number of hydrogen-bond acceptors (Lipinski definition) is 2. The topological polar surface area (TPSA) is 35.2 Å². The molecule has 3 aliphatic rings. The number of rotatable bonds is 3. The molecule has 2 nitrogen and oxygen atoms in total. The normalized spacial score (nSPS) is 39.0. The lowest BCUT2D eigenvalue weighted by Crippen LogP contribution is -2.63. The van der Waals surface area contributed by atoms with Crippen LogP contribution in [0.4, 0.5) is 0 Å². The van der Waals surface area contributed by atoms with Crippen LogP contribution < -0.4 is 5.73 Å². The van der Waals surface area contributed by atoms with Gasteiger partial charge in [-0.3, -0.25) is 0 Å². The average molecular weight is 209 g/mol. The van der Waals surface area contributed by atoms with E-state index in [1.54, 1.807) is 0 Å². The minimum atomic E-state index is 0.396. The summed E-state index contributed by atoms with van der Waals surface area (Å²) in [5.41, 5.74) is 6.62. The second-order valence-electron chi connectivity index (χ2n) is 5.90. The fourth-order valence-corrected chi connectivity index (χ4v) is 3.45. The second kappa shape index (κ2) is 3.74. The average Bonchev–Trinajstić information content (AvgIpc) is 3.09. The molecule has 0 radical (unpaired) electrons. The highest BCUT2D eigenvalue weighted by Crippen LogP contribution is 2.52. The predicted octanol–water partition coefficient (Wildman–Crippen LogP) is 2.46. The van der Waals surface area contributed by atoms with Crippen LogP contribution in [0.5, 0.6) is 0 Å². The van der Waals surface area contributed by atoms with Crippen molar-refractivity contribution in [1.29, 1.82) is 0 Å². The predicted molar refractivity (Wildman–Crippen MR) is 60.6 cm³/mol. The molecule has 86 valence electrons. The Labute approximate surface area is 92.6 Å². The third-order valence-electron chi connectivity index (χ3n) is 4.86. The van der Waals surface area contributed by atoms with Crippen LogP contribution in [0, 0.1) is 11.3 Å². The molecule has 0 saturated heterocycles. The molecule has 1 spiro atoms. The Morgan fingerprint density at radius 3 is 2.47 bits per heavy atom. The molecule has 0 aliphatic heterocycles. The van der Waals surface area contributed by atoms with Gasteiger partial charge >= 0.3 is 0 Å². The van der Waals surface area contributed by atoms with Crippen LogP contribution in [-0.2, 0) is 4.74 Å². The lowest BCUT2D eigenvalue weighted by atomic mass is 9.55. The van der Waals surface area contributed by atoms with Gasteiger partial charge in [-0.15, -0.1) is 0 Å². The third kappa shape index (κ3) is 1.72. The first-order chi connectivity index (χ1) is 7.31. The smallest absolute Gasteiger partial charge is 0.0661 e. The van der Waals surface area contributed by atoms with Crippen LogP contribution in [0.2, 0.25) is 0 Å². The van der Waals surface area contributed by atoms with Gasteiger partial charge in [-0.25, -0.2) is 0 Å². The van der Waals surface area contributed by atoms with E-state index in [0.29, 0.717) is 17.6 Å². The van der Waals surface area contributed by atoms with Gasteiger partial charge in [0, 0.05) is 18.1 Å².